The number of benzene rings is 1. The predicted octanol–water partition coefficient (Wildman–Crippen LogP) is 3.90. The molecule has 0 fully saturated rings. The Bertz CT molecular complexity index is 458. The number of hydrogen-bond acceptors (Lipinski definition) is 4. The van der Waals surface area contributed by atoms with E-state index in [2.05, 4.69) is 22.4 Å². The van der Waals surface area contributed by atoms with Crippen molar-refractivity contribution in [3.8, 4) is 0 Å². The van der Waals surface area contributed by atoms with Gasteiger partial charge in [0.15, 0.2) is 0 Å². The summed E-state index contributed by atoms with van der Waals surface area (Å²) < 4.78 is 17.9. The van der Waals surface area contributed by atoms with Crippen LogP contribution in [0.1, 0.15) is 25.7 Å². The zero-order valence-electron chi connectivity index (χ0n) is 11.2. The van der Waals surface area contributed by atoms with Gasteiger partial charge in [-0.15, -0.1) is 0 Å². The van der Waals surface area contributed by atoms with Crippen molar-refractivity contribution in [2.24, 2.45) is 4.99 Å². The Morgan fingerprint density at radius 3 is 2.53 bits per heavy atom. The molecule has 1 atom stereocenters. The molecule has 0 radical (unpaired) electrons. The molecule has 104 valence electrons. The van der Waals surface area contributed by atoms with Crippen LogP contribution in [0.25, 0.3) is 0 Å². The zero-order chi connectivity index (χ0) is 14.0. The predicted molar refractivity (Wildman–Crippen MR) is 83.9 cm³/mol. The summed E-state index contributed by atoms with van der Waals surface area (Å²) in [6, 6.07) is 9.45. The fraction of sp³-hybridized carbons (Fsp3) is 0.500. The maximum atomic E-state index is 12.7. The molecule has 1 unspecified atom stereocenters. The van der Waals surface area contributed by atoms with Gasteiger partial charge in [-0.2, -0.15) is 0 Å². The molecule has 0 amide bonds. The van der Waals surface area contributed by atoms with E-state index in [1.165, 1.54) is 7.11 Å². The van der Waals surface area contributed by atoms with Crippen LogP contribution in [0.4, 0.5) is 0 Å². The average Bonchev–Trinajstić information content (AvgIpc) is 2.47. The summed E-state index contributed by atoms with van der Waals surface area (Å²) in [6.07, 6.45) is 4.61. The lowest BCUT2D eigenvalue weighted by Crippen LogP contribution is -2.08. The van der Waals surface area contributed by atoms with Crippen molar-refractivity contribution >= 4 is 30.1 Å². The number of unbranched alkanes of at least 4 members (excludes halogenated alkanes) is 3. The summed E-state index contributed by atoms with van der Waals surface area (Å²) >= 11 is 4.50. The van der Waals surface area contributed by atoms with Gasteiger partial charge in [-0.05, 0) is 37.2 Å². The third kappa shape index (κ3) is 5.80. The van der Waals surface area contributed by atoms with E-state index in [9.17, 15) is 4.57 Å². The maximum Gasteiger partial charge on any atom is 0.231 e. The second kappa shape index (κ2) is 9.17. The van der Waals surface area contributed by atoms with Crippen molar-refractivity contribution in [2.75, 3.05) is 19.8 Å². The minimum absolute atomic E-state index is 0.601. The lowest BCUT2D eigenvalue weighted by atomic mass is 10.2. The number of thiocarbonyl (C=S) groups is 1. The van der Waals surface area contributed by atoms with Gasteiger partial charge in [0.2, 0.25) is 7.37 Å². The standard InChI is InChI=1S/C14H20NO2PS/c1-17-18(16,14-9-5-4-6-10-14)12-8-3-2-7-11-15-13-19/h4-6,9-10H,2-3,7-8,11-12H2,1H3. The number of isothiocyanates is 1. The van der Waals surface area contributed by atoms with E-state index >= 15 is 0 Å². The van der Waals surface area contributed by atoms with E-state index in [-0.39, 0.29) is 0 Å². The van der Waals surface area contributed by atoms with Crippen LogP contribution in [0, 0.1) is 0 Å². The molecule has 0 aliphatic carbocycles. The highest BCUT2D eigenvalue weighted by molar-refractivity contribution is 7.78. The Labute approximate surface area is 120 Å². The third-order valence-electron chi connectivity index (χ3n) is 2.98. The molecule has 0 bridgehead atoms. The van der Waals surface area contributed by atoms with Crippen LogP contribution in [-0.2, 0) is 9.09 Å². The van der Waals surface area contributed by atoms with E-state index in [0.717, 1.165) is 37.5 Å². The molecule has 1 aromatic rings. The van der Waals surface area contributed by atoms with Gasteiger partial charge in [0.25, 0.3) is 0 Å². The van der Waals surface area contributed by atoms with Gasteiger partial charge in [0, 0.05) is 25.1 Å². The van der Waals surface area contributed by atoms with Crippen molar-refractivity contribution in [1.82, 2.24) is 0 Å². The molecule has 0 N–H and O–H groups in total. The van der Waals surface area contributed by atoms with Crippen molar-refractivity contribution in [1.29, 1.82) is 0 Å². The Balaban J connectivity index is 2.37. The molecule has 0 aliphatic rings. The van der Waals surface area contributed by atoms with E-state index < -0.39 is 7.37 Å². The first-order chi connectivity index (χ1) is 9.23. The van der Waals surface area contributed by atoms with Crippen molar-refractivity contribution in [3.05, 3.63) is 30.3 Å². The van der Waals surface area contributed by atoms with Crippen molar-refractivity contribution in [2.45, 2.75) is 25.7 Å². The van der Waals surface area contributed by atoms with Crippen LogP contribution in [0.3, 0.4) is 0 Å². The Hall–Kier alpha value is -0.790. The molecule has 0 saturated heterocycles. The van der Waals surface area contributed by atoms with Gasteiger partial charge < -0.3 is 4.52 Å². The molecule has 0 spiro atoms. The molecule has 1 rings (SSSR count). The second-order valence-electron chi connectivity index (χ2n) is 4.30. The number of nitrogens with zero attached hydrogens (tertiary/aromatic N) is 1. The van der Waals surface area contributed by atoms with Crippen molar-refractivity contribution in [3.63, 3.8) is 0 Å². The molecular weight excluding hydrogens is 277 g/mol. The fourth-order valence-corrected chi connectivity index (χ4v) is 3.90. The third-order valence-corrected chi connectivity index (χ3v) is 5.69. The minimum atomic E-state index is -2.67. The first-order valence-corrected chi connectivity index (χ1v) is 8.69. The highest BCUT2D eigenvalue weighted by Gasteiger charge is 2.23. The summed E-state index contributed by atoms with van der Waals surface area (Å²) in [6.45, 7) is 0.740. The van der Waals surface area contributed by atoms with Gasteiger partial charge in [0.05, 0.1) is 5.16 Å². The molecule has 0 aliphatic heterocycles. The van der Waals surface area contributed by atoms with E-state index in [0.29, 0.717) is 6.16 Å². The van der Waals surface area contributed by atoms with Gasteiger partial charge in [-0.1, -0.05) is 31.0 Å². The Morgan fingerprint density at radius 2 is 1.89 bits per heavy atom. The molecule has 19 heavy (non-hydrogen) atoms. The largest absolute Gasteiger partial charge is 0.329 e. The minimum Gasteiger partial charge on any atom is -0.329 e. The summed E-state index contributed by atoms with van der Waals surface area (Å²) in [5.74, 6) is 0. The van der Waals surface area contributed by atoms with Gasteiger partial charge in [-0.25, -0.2) is 4.99 Å². The monoisotopic (exact) mass is 297 g/mol. The topological polar surface area (TPSA) is 38.7 Å². The fourth-order valence-electron chi connectivity index (χ4n) is 1.89. The molecule has 5 heteroatoms. The number of rotatable bonds is 9. The molecule has 1 aromatic carbocycles. The molecule has 0 saturated carbocycles. The van der Waals surface area contributed by atoms with E-state index in [1.54, 1.807) is 0 Å². The highest BCUT2D eigenvalue weighted by atomic mass is 32.1. The lowest BCUT2D eigenvalue weighted by Gasteiger charge is -2.16. The van der Waals surface area contributed by atoms with Crippen LogP contribution < -0.4 is 5.30 Å². The molecule has 0 heterocycles. The van der Waals surface area contributed by atoms with Crippen LogP contribution in [0.2, 0.25) is 0 Å². The summed E-state index contributed by atoms with van der Waals surface area (Å²) in [7, 11) is -1.14. The zero-order valence-corrected chi connectivity index (χ0v) is 13.0. The SMILES string of the molecule is COP(=O)(CCCCCCN=C=S)c1ccccc1. The highest BCUT2D eigenvalue weighted by Crippen LogP contribution is 2.45. The summed E-state index contributed by atoms with van der Waals surface area (Å²) in [5.41, 5.74) is 0. The first-order valence-electron chi connectivity index (χ1n) is 6.47. The van der Waals surface area contributed by atoms with Gasteiger partial charge in [0.1, 0.15) is 0 Å². The summed E-state index contributed by atoms with van der Waals surface area (Å²) in [4.78, 5) is 3.87. The van der Waals surface area contributed by atoms with Crippen LogP contribution >= 0.6 is 19.6 Å². The van der Waals surface area contributed by atoms with Crippen LogP contribution in [0.15, 0.2) is 35.3 Å². The van der Waals surface area contributed by atoms with Gasteiger partial charge in [-0.3, -0.25) is 4.57 Å². The number of hydrogen-bond donors (Lipinski definition) is 0. The van der Waals surface area contributed by atoms with E-state index in [4.69, 9.17) is 4.52 Å². The van der Waals surface area contributed by atoms with Crippen LogP contribution in [0.5, 0.6) is 0 Å². The molecule has 3 nitrogen and oxygen atoms in total. The van der Waals surface area contributed by atoms with Crippen LogP contribution in [-0.4, -0.2) is 25.0 Å². The normalized spacial score (nSPS) is 13.5. The Kier molecular flexibility index (Phi) is 7.85. The van der Waals surface area contributed by atoms with Crippen molar-refractivity contribution < 1.29 is 9.09 Å². The number of aliphatic imine (C=N–C) groups is 1. The van der Waals surface area contributed by atoms with E-state index in [1.807, 2.05) is 30.3 Å². The first kappa shape index (κ1) is 16.3. The Morgan fingerprint density at radius 1 is 1.21 bits per heavy atom. The summed E-state index contributed by atoms with van der Waals surface area (Å²) in [5, 5.41) is 3.17. The maximum absolute atomic E-state index is 12.7. The molecular formula is C14H20NO2PS. The van der Waals surface area contributed by atoms with Gasteiger partial charge >= 0.3 is 0 Å². The average molecular weight is 297 g/mol. The second-order valence-corrected chi connectivity index (χ2v) is 7.16. The molecule has 0 aromatic heterocycles. The quantitative estimate of drug-likeness (QED) is 0.300. The smallest absolute Gasteiger partial charge is 0.231 e. The lowest BCUT2D eigenvalue weighted by molar-refractivity contribution is 0.401.